The lowest BCUT2D eigenvalue weighted by Crippen LogP contribution is -2.49. The largest absolute Gasteiger partial charge is 0.492 e. The van der Waals surface area contributed by atoms with Crippen molar-refractivity contribution in [1.82, 2.24) is 14.5 Å². The van der Waals surface area contributed by atoms with E-state index >= 15 is 0 Å². The highest BCUT2D eigenvalue weighted by Gasteiger charge is 2.31. The van der Waals surface area contributed by atoms with Gasteiger partial charge in [0, 0.05) is 36.2 Å². The number of sulfonamides is 1. The zero-order valence-electron chi connectivity index (χ0n) is 18.0. The number of hydrogen-bond donors (Lipinski definition) is 0. The summed E-state index contributed by atoms with van der Waals surface area (Å²) < 4.78 is 34.3. The van der Waals surface area contributed by atoms with E-state index in [1.54, 1.807) is 18.2 Å². The maximum atomic E-state index is 13.3. The summed E-state index contributed by atoms with van der Waals surface area (Å²) in [5.74, 6) is 1.12. The molecule has 1 saturated heterocycles. The van der Waals surface area contributed by atoms with Crippen LogP contribution in [0.3, 0.4) is 0 Å². The lowest BCUT2D eigenvalue weighted by molar-refractivity contribution is 0.327. The normalized spacial score (nSPS) is 15.0. The molecule has 0 saturated carbocycles. The Morgan fingerprint density at radius 3 is 2.41 bits per heavy atom. The van der Waals surface area contributed by atoms with Crippen LogP contribution in [0.2, 0.25) is 0 Å². The Bertz CT molecular complexity index is 1190. The van der Waals surface area contributed by atoms with Crippen LogP contribution in [0, 0.1) is 6.92 Å². The van der Waals surface area contributed by atoms with Gasteiger partial charge in [0.1, 0.15) is 10.6 Å². The van der Waals surface area contributed by atoms with E-state index in [9.17, 15) is 8.42 Å². The molecule has 0 radical (unpaired) electrons. The van der Waals surface area contributed by atoms with Crippen LogP contribution in [0.5, 0.6) is 5.75 Å². The third-order valence-corrected chi connectivity index (χ3v) is 7.87. The second-order valence-electron chi connectivity index (χ2n) is 7.51. The molecule has 0 bridgehead atoms. The smallest absolute Gasteiger partial charge is 0.246 e. The minimum Gasteiger partial charge on any atom is -0.492 e. The Labute approximate surface area is 197 Å². The maximum Gasteiger partial charge on any atom is 0.246 e. The zero-order valence-corrected chi connectivity index (χ0v) is 20.4. The summed E-state index contributed by atoms with van der Waals surface area (Å²) in [6.45, 7) is 6.08. The Kier molecular flexibility index (Phi) is 6.78. The van der Waals surface area contributed by atoms with Crippen molar-refractivity contribution in [3.05, 3.63) is 64.6 Å². The summed E-state index contributed by atoms with van der Waals surface area (Å²) in [5.41, 5.74) is 3.03. The summed E-state index contributed by atoms with van der Waals surface area (Å²) in [6, 6.07) is 17.0. The molecule has 4 rings (SSSR count). The van der Waals surface area contributed by atoms with Crippen molar-refractivity contribution >= 4 is 31.8 Å². The van der Waals surface area contributed by atoms with Gasteiger partial charge in [0.2, 0.25) is 10.0 Å². The molecule has 1 aliphatic rings. The monoisotopic (exact) mass is 516 g/mol. The van der Waals surface area contributed by atoms with E-state index in [-0.39, 0.29) is 4.90 Å². The van der Waals surface area contributed by atoms with E-state index in [2.05, 4.69) is 31.0 Å². The number of anilines is 1. The molecule has 168 valence electrons. The van der Waals surface area contributed by atoms with Gasteiger partial charge in [0.05, 0.1) is 12.3 Å². The van der Waals surface area contributed by atoms with Gasteiger partial charge in [-0.1, -0.05) is 40.2 Å². The minimum absolute atomic E-state index is 0.185. The number of rotatable bonds is 6. The van der Waals surface area contributed by atoms with Crippen molar-refractivity contribution in [1.29, 1.82) is 0 Å². The maximum absolute atomic E-state index is 13.3. The second kappa shape index (κ2) is 9.56. The van der Waals surface area contributed by atoms with Gasteiger partial charge in [0.25, 0.3) is 0 Å². The first kappa shape index (κ1) is 22.7. The van der Waals surface area contributed by atoms with Crippen molar-refractivity contribution in [3.8, 4) is 17.0 Å². The average molecular weight is 517 g/mol. The molecule has 0 spiro atoms. The second-order valence-corrected chi connectivity index (χ2v) is 10.3. The lowest BCUT2D eigenvalue weighted by Gasteiger charge is -2.34. The molecule has 9 heteroatoms. The molecule has 2 aromatic carbocycles. The van der Waals surface area contributed by atoms with E-state index in [1.807, 2.05) is 50.2 Å². The standard InChI is InChI=1S/C23H25BrN4O3S/c1-3-31-21-10-8-18(24)16-22(21)32(29,30)28-14-12-27(13-15-28)23-11-9-20(25-26-23)19-7-5-4-6-17(19)2/h4-11,16H,3,12-15H2,1-2H3. The van der Waals surface area contributed by atoms with Crippen LogP contribution in [-0.2, 0) is 10.0 Å². The zero-order chi connectivity index (χ0) is 22.7. The topological polar surface area (TPSA) is 75.6 Å². The van der Waals surface area contributed by atoms with Crippen molar-refractivity contribution in [3.63, 3.8) is 0 Å². The van der Waals surface area contributed by atoms with E-state index in [4.69, 9.17) is 4.74 Å². The SMILES string of the molecule is CCOc1ccc(Br)cc1S(=O)(=O)N1CCN(c2ccc(-c3ccccc3C)nn2)CC1. The van der Waals surface area contributed by atoms with Crippen LogP contribution in [0.15, 0.2) is 64.0 Å². The van der Waals surface area contributed by atoms with Crippen molar-refractivity contribution < 1.29 is 13.2 Å². The summed E-state index contributed by atoms with van der Waals surface area (Å²) in [5, 5.41) is 8.79. The minimum atomic E-state index is -3.67. The fraction of sp³-hybridized carbons (Fsp3) is 0.304. The number of aryl methyl sites for hydroxylation is 1. The Morgan fingerprint density at radius 2 is 1.75 bits per heavy atom. The summed E-state index contributed by atoms with van der Waals surface area (Å²) in [6.07, 6.45) is 0. The number of nitrogens with zero attached hydrogens (tertiary/aromatic N) is 4. The highest BCUT2D eigenvalue weighted by Crippen LogP contribution is 2.31. The highest BCUT2D eigenvalue weighted by molar-refractivity contribution is 9.10. The molecule has 7 nitrogen and oxygen atoms in total. The molecule has 0 atom stereocenters. The molecule has 0 aliphatic carbocycles. The molecule has 0 N–H and O–H groups in total. The molecular formula is C23H25BrN4O3S. The van der Waals surface area contributed by atoms with Gasteiger partial charge in [-0.15, -0.1) is 10.2 Å². The molecule has 1 aliphatic heterocycles. The number of aromatic nitrogens is 2. The van der Waals surface area contributed by atoms with E-state index in [1.165, 1.54) is 4.31 Å². The van der Waals surface area contributed by atoms with Crippen LogP contribution < -0.4 is 9.64 Å². The third kappa shape index (κ3) is 4.65. The first-order valence-electron chi connectivity index (χ1n) is 10.5. The molecule has 3 aromatic rings. The van der Waals surface area contributed by atoms with Crippen LogP contribution in [0.25, 0.3) is 11.3 Å². The fourth-order valence-electron chi connectivity index (χ4n) is 3.75. The van der Waals surface area contributed by atoms with Crippen LogP contribution in [0.4, 0.5) is 5.82 Å². The summed E-state index contributed by atoms with van der Waals surface area (Å²) in [7, 11) is -3.67. The number of piperazine rings is 1. The first-order chi connectivity index (χ1) is 15.4. The quantitative estimate of drug-likeness (QED) is 0.490. The van der Waals surface area contributed by atoms with Crippen molar-refractivity contribution in [2.75, 3.05) is 37.7 Å². The predicted molar refractivity (Wildman–Crippen MR) is 128 cm³/mol. The van der Waals surface area contributed by atoms with E-state index in [0.717, 1.165) is 22.6 Å². The molecular weight excluding hydrogens is 492 g/mol. The van der Waals surface area contributed by atoms with Crippen LogP contribution >= 0.6 is 15.9 Å². The summed E-state index contributed by atoms with van der Waals surface area (Å²) >= 11 is 3.37. The summed E-state index contributed by atoms with van der Waals surface area (Å²) in [4.78, 5) is 2.25. The van der Waals surface area contributed by atoms with Gasteiger partial charge in [-0.2, -0.15) is 4.31 Å². The third-order valence-electron chi connectivity index (χ3n) is 5.46. The van der Waals surface area contributed by atoms with E-state index in [0.29, 0.717) is 43.0 Å². The van der Waals surface area contributed by atoms with E-state index < -0.39 is 10.0 Å². The van der Waals surface area contributed by atoms with Gasteiger partial charge in [-0.05, 0) is 49.7 Å². The lowest BCUT2D eigenvalue weighted by atomic mass is 10.1. The molecule has 1 aromatic heterocycles. The van der Waals surface area contributed by atoms with Gasteiger partial charge < -0.3 is 9.64 Å². The fourth-order valence-corrected chi connectivity index (χ4v) is 5.84. The molecule has 0 amide bonds. The number of hydrogen-bond acceptors (Lipinski definition) is 6. The molecule has 0 unspecified atom stereocenters. The Hall–Kier alpha value is -2.49. The van der Waals surface area contributed by atoms with Crippen LogP contribution in [-0.4, -0.2) is 55.7 Å². The van der Waals surface area contributed by atoms with Crippen molar-refractivity contribution in [2.24, 2.45) is 0 Å². The molecule has 2 heterocycles. The Morgan fingerprint density at radius 1 is 1.00 bits per heavy atom. The van der Waals surface area contributed by atoms with Gasteiger partial charge >= 0.3 is 0 Å². The van der Waals surface area contributed by atoms with Gasteiger partial charge in [-0.3, -0.25) is 0 Å². The molecule has 1 fully saturated rings. The first-order valence-corrected chi connectivity index (χ1v) is 12.7. The Balaban J connectivity index is 1.47. The van der Waals surface area contributed by atoms with Gasteiger partial charge in [0.15, 0.2) is 5.82 Å². The van der Waals surface area contributed by atoms with Gasteiger partial charge in [-0.25, -0.2) is 8.42 Å². The molecule has 32 heavy (non-hydrogen) atoms. The number of benzene rings is 2. The highest BCUT2D eigenvalue weighted by atomic mass is 79.9. The number of ether oxygens (including phenoxy) is 1. The van der Waals surface area contributed by atoms with Crippen molar-refractivity contribution in [2.45, 2.75) is 18.7 Å². The predicted octanol–water partition coefficient (Wildman–Crippen LogP) is 4.12. The van der Waals surface area contributed by atoms with Crippen LogP contribution in [0.1, 0.15) is 12.5 Å². The number of halogens is 1. The average Bonchev–Trinajstić information content (AvgIpc) is 2.81.